The maximum absolute atomic E-state index is 12.8. The number of methoxy groups -OCH3 is 1. The first-order valence-electron chi connectivity index (χ1n) is 11.1. The van der Waals surface area contributed by atoms with Crippen LogP contribution in [0.1, 0.15) is 34.3 Å². The van der Waals surface area contributed by atoms with Gasteiger partial charge in [-0.3, -0.25) is 24.5 Å². The van der Waals surface area contributed by atoms with E-state index in [0.717, 1.165) is 27.6 Å². The summed E-state index contributed by atoms with van der Waals surface area (Å²) >= 11 is 0. The number of imide groups is 1. The number of benzene rings is 3. The van der Waals surface area contributed by atoms with Crippen LogP contribution in [0.25, 0.3) is 10.8 Å². The van der Waals surface area contributed by atoms with E-state index in [-0.39, 0.29) is 37.1 Å². The lowest BCUT2D eigenvalue weighted by Gasteiger charge is -2.29. The summed E-state index contributed by atoms with van der Waals surface area (Å²) in [5, 5.41) is 7.19. The van der Waals surface area contributed by atoms with Crippen LogP contribution in [0.2, 0.25) is 0 Å². The average molecular weight is 457 g/mol. The summed E-state index contributed by atoms with van der Waals surface area (Å²) in [7, 11) is 1.61. The van der Waals surface area contributed by atoms with Crippen molar-refractivity contribution < 1.29 is 23.9 Å². The molecule has 1 unspecified atom stereocenters. The van der Waals surface area contributed by atoms with E-state index in [1.54, 1.807) is 25.3 Å². The number of fused-ring (bicyclic) bond motifs is 2. The van der Waals surface area contributed by atoms with Crippen molar-refractivity contribution in [2.45, 2.75) is 31.8 Å². The second kappa shape index (κ2) is 8.62. The third-order valence-corrected chi connectivity index (χ3v) is 6.34. The van der Waals surface area contributed by atoms with Gasteiger partial charge < -0.3 is 15.0 Å². The Balaban J connectivity index is 1.31. The van der Waals surface area contributed by atoms with Crippen molar-refractivity contribution in [2.75, 3.05) is 12.4 Å². The van der Waals surface area contributed by atoms with Crippen LogP contribution in [0.3, 0.4) is 0 Å². The Morgan fingerprint density at radius 2 is 1.97 bits per heavy atom. The molecule has 1 saturated heterocycles. The first kappa shape index (κ1) is 21.6. The number of piperidine rings is 1. The SMILES string of the molecule is COc1ccc2cccc(CC(=O)Nc3ccc4c(c3)CN(C3CCC(=O)NC3=O)C4=O)c2c1. The fraction of sp³-hybridized carbons (Fsp3) is 0.231. The Morgan fingerprint density at radius 1 is 1.12 bits per heavy atom. The van der Waals surface area contributed by atoms with E-state index in [2.05, 4.69) is 10.6 Å². The lowest BCUT2D eigenvalue weighted by molar-refractivity contribution is -0.137. The summed E-state index contributed by atoms with van der Waals surface area (Å²) in [5.41, 5.74) is 2.71. The van der Waals surface area contributed by atoms with Crippen LogP contribution in [0, 0.1) is 0 Å². The van der Waals surface area contributed by atoms with E-state index < -0.39 is 11.9 Å². The van der Waals surface area contributed by atoms with Gasteiger partial charge in [-0.05, 0) is 58.7 Å². The van der Waals surface area contributed by atoms with E-state index in [1.807, 2.05) is 36.4 Å². The van der Waals surface area contributed by atoms with Crippen LogP contribution in [-0.4, -0.2) is 41.7 Å². The van der Waals surface area contributed by atoms with Gasteiger partial charge in [0, 0.05) is 24.2 Å². The number of carbonyl (C=O) groups is 4. The van der Waals surface area contributed by atoms with E-state index in [1.165, 1.54) is 4.90 Å². The van der Waals surface area contributed by atoms with Crippen LogP contribution in [0.4, 0.5) is 5.69 Å². The Hall–Kier alpha value is -4.20. The van der Waals surface area contributed by atoms with Crippen molar-refractivity contribution in [1.29, 1.82) is 0 Å². The molecule has 4 amide bonds. The van der Waals surface area contributed by atoms with Gasteiger partial charge in [0.25, 0.3) is 5.91 Å². The molecule has 0 spiro atoms. The van der Waals surface area contributed by atoms with Crippen molar-refractivity contribution in [2.24, 2.45) is 0 Å². The molecule has 2 aliphatic rings. The molecule has 0 bridgehead atoms. The first-order chi connectivity index (χ1) is 16.4. The maximum atomic E-state index is 12.8. The number of hydrogen-bond donors (Lipinski definition) is 2. The van der Waals surface area contributed by atoms with Crippen LogP contribution in [-0.2, 0) is 27.3 Å². The van der Waals surface area contributed by atoms with Crippen molar-refractivity contribution in [1.82, 2.24) is 10.2 Å². The minimum absolute atomic E-state index is 0.179. The van der Waals surface area contributed by atoms with Gasteiger partial charge in [0.05, 0.1) is 13.5 Å². The summed E-state index contributed by atoms with van der Waals surface area (Å²) in [4.78, 5) is 50.8. The van der Waals surface area contributed by atoms with Crippen LogP contribution in [0.5, 0.6) is 5.75 Å². The highest BCUT2D eigenvalue weighted by Gasteiger charge is 2.39. The monoisotopic (exact) mass is 457 g/mol. The highest BCUT2D eigenvalue weighted by Crippen LogP contribution is 2.30. The number of amides is 4. The largest absolute Gasteiger partial charge is 0.497 e. The molecule has 2 aliphatic heterocycles. The van der Waals surface area contributed by atoms with Crippen LogP contribution < -0.4 is 15.4 Å². The lowest BCUT2D eigenvalue weighted by atomic mass is 10.0. The van der Waals surface area contributed by atoms with Crippen molar-refractivity contribution >= 4 is 40.1 Å². The maximum Gasteiger partial charge on any atom is 0.255 e. The molecule has 5 rings (SSSR count). The molecule has 1 atom stereocenters. The Bertz CT molecular complexity index is 1350. The number of carbonyl (C=O) groups excluding carboxylic acids is 4. The molecule has 0 radical (unpaired) electrons. The number of nitrogens with zero attached hydrogens (tertiary/aromatic N) is 1. The average Bonchev–Trinajstić information content (AvgIpc) is 3.14. The smallest absolute Gasteiger partial charge is 0.255 e. The highest BCUT2D eigenvalue weighted by atomic mass is 16.5. The molecule has 2 N–H and O–H groups in total. The molecule has 8 nitrogen and oxygen atoms in total. The fourth-order valence-corrected chi connectivity index (χ4v) is 4.63. The normalized spacial score (nSPS) is 17.5. The van der Waals surface area contributed by atoms with E-state index >= 15 is 0 Å². The molecule has 2 heterocycles. The Morgan fingerprint density at radius 3 is 2.76 bits per heavy atom. The minimum atomic E-state index is -0.668. The summed E-state index contributed by atoms with van der Waals surface area (Å²) in [6.45, 7) is 0.257. The molecule has 0 aliphatic carbocycles. The molecule has 172 valence electrons. The Labute approximate surface area is 195 Å². The molecule has 34 heavy (non-hydrogen) atoms. The van der Waals surface area contributed by atoms with E-state index in [4.69, 9.17) is 4.74 Å². The van der Waals surface area contributed by atoms with Gasteiger partial charge in [-0.15, -0.1) is 0 Å². The van der Waals surface area contributed by atoms with Crippen molar-refractivity contribution in [3.05, 3.63) is 71.3 Å². The third-order valence-electron chi connectivity index (χ3n) is 6.34. The molecule has 0 saturated carbocycles. The number of nitrogens with one attached hydrogen (secondary N) is 2. The predicted octanol–water partition coefficient (Wildman–Crippen LogP) is 2.79. The number of hydrogen-bond acceptors (Lipinski definition) is 5. The zero-order valence-electron chi connectivity index (χ0n) is 18.6. The van der Waals surface area contributed by atoms with Crippen molar-refractivity contribution in [3.63, 3.8) is 0 Å². The van der Waals surface area contributed by atoms with Gasteiger partial charge in [-0.2, -0.15) is 0 Å². The van der Waals surface area contributed by atoms with Gasteiger partial charge in [-0.25, -0.2) is 0 Å². The second-order valence-corrected chi connectivity index (χ2v) is 8.50. The van der Waals surface area contributed by atoms with Gasteiger partial charge >= 0.3 is 0 Å². The van der Waals surface area contributed by atoms with Crippen LogP contribution in [0.15, 0.2) is 54.6 Å². The zero-order valence-corrected chi connectivity index (χ0v) is 18.6. The summed E-state index contributed by atoms with van der Waals surface area (Å²) < 4.78 is 5.32. The minimum Gasteiger partial charge on any atom is -0.497 e. The molecular weight excluding hydrogens is 434 g/mol. The molecular formula is C26H23N3O5. The summed E-state index contributed by atoms with van der Waals surface area (Å²) in [6.07, 6.45) is 0.699. The number of ether oxygens (including phenoxy) is 1. The predicted molar refractivity (Wildman–Crippen MR) is 125 cm³/mol. The van der Waals surface area contributed by atoms with Gasteiger partial charge in [0.1, 0.15) is 11.8 Å². The van der Waals surface area contributed by atoms with Crippen LogP contribution >= 0.6 is 0 Å². The molecule has 0 aromatic heterocycles. The topological polar surface area (TPSA) is 105 Å². The van der Waals surface area contributed by atoms with Gasteiger partial charge in [0.2, 0.25) is 17.7 Å². The Kier molecular flexibility index (Phi) is 5.49. The second-order valence-electron chi connectivity index (χ2n) is 8.50. The third kappa shape index (κ3) is 3.98. The quantitative estimate of drug-likeness (QED) is 0.574. The summed E-state index contributed by atoms with van der Waals surface area (Å²) in [6, 6.07) is 16.0. The standard InChI is InChI=1S/C26H23N3O5/c1-34-19-7-5-15-3-2-4-16(21(15)13-19)12-24(31)27-18-6-8-20-17(11-18)14-29(26(20)33)22-9-10-23(30)28-25(22)32/h2-8,11,13,22H,9-10,12,14H2,1H3,(H,27,31)(H,28,30,32). The number of rotatable bonds is 5. The molecule has 3 aromatic rings. The molecule has 8 heteroatoms. The fourth-order valence-electron chi connectivity index (χ4n) is 4.63. The van der Waals surface area contributed by atoms with Gasteiger partial charge in [-0.1, -0.05) is 24.3 Å². The van der Waals surface area contributed by atoms with E-state index in [9.17, 15) is 19.2 Å². The zero-order chi connectivity index (χ0) is 23.8. The van der Waals surface area contributed by atoms with Gasteiger partial charge in [0.15, 0.2) is 0 Å². The first-order valence-corrected chi connectivity index (χ1v) is 11.1. The number of anilines is 1. The summed E-state index contributed by atoms with van der Waals surface area (Å²) in [5.74, 6) is -0.462. The molecule has 1 fully saturated rings. The van der Waals surface area contributed by atoms with E-state index in [0.29, 0.717) is 17.7 Å². The highest BCUT2D eigenvalue weighted by molar-refractivity contribution is 6.06. The van der Waals surface area contributed by atoms with Crippen molar-refractivity contribution in [3.8, 4) is 5.75 Å². The molecule has 3 aromatic carbocycles. The lowest BCUT2D eigenvalue weighted by Crippen LogP contribution is -2.52.